The molecule has 0 aliphatic rings. The molecule has 0 bridgehead atoms. The van der Waals surface area contributed by atoms with Gasteiger partial charge in [0.25, 0.3) is 0 Å². The summed E-state index contributed by atoms with van der Waals surface area (Å²) in [5.41, 5.74) is 0. The van der Waals surface area contributed by atoms with Crippen molar-refractivity contribution in [2.24, 2.45) is 0 Å². The van der Waals surface area contributed by atoms with Crippen LogP contribution in [-0.4, -0.2) is 12.0 Å². The molecule has 6 heteroatoms. The number of ketones is 1. The minimum absolute atomic E-state index is 0.188. The lowest BCUT2D eigenvalue weighted by molar-refractivity contribution is -0.0845. The summed E-state index contributed by atoms with van der Waals surface area (Å²) in [6, 6.07) is 2.64. The first-order valence-electron chi connectivity index (χ1n) is 3.43. The van der Waals surface area contributed by atoms with Gasteiger partial charge in [-0.1, -0.05) is 11.6 Å². The van der Waals surface area contributed by atoms with E-state index in [0.29, 0.717) is 0 Å². The Morgan fingerprint density at radius 2 is 2.14 bits per heavy atom. The van der Waals surface area contributed by atoms with Crippen LogP contribution in [0.4, 0.5) is 13.2 Å². The number of carbonyl (C=O) groups excluding carboxylic acids is 1. The van der Waals surface area contributed by atoms with Crippen LogP contribution in [0.2, 0.25) is 0 Å². The number of rotatable bonds is 2. The second-order valence-electron chi connectivity index (χ2n) is 2.33. The lowest BCUT2D eigenvalue weighted by Gasteiger charge is -2.02. The summed E-state index contributed by atoms with van der Waals surface area (Å²) in [6.07, 6.45) is -3.24. The molecular weight excluding hydrogens is 221 g/mol. The van der Waals surface area contributed by atoms with E-state index in [1.807, 2.05) is 0 Å². The molecule has 2 nitrogen and oxygen atoms in total. The Kier molecular flexibility index (Phi) is 3.00. The van der Waals surface area contributed by atoms with Gasteiger partial charge in [-0.2, -0.15) is 13.2 Å². The van der Waals surface area contributed by atoms with Gasteiger partial charge in [0, 0.05) is 6.08 Å². The minimum atomic E-state index is -4.70. The van der Waals surface area contributed by atoms with Gasteiger partial charge in [-0.3, -0.25) is 4.79 Å². The third-order valence-electron chi connectivity index (χ3n) is 1.29. The third-order valence-corrected chi connectivity index (χ3v) is 1.62. The monoisotopic (exact) mass is 224 g/mol. The van der Waals surface area contributed by atoms with Gasteiger partial charge < -0.3 is 4.42 Å². The Labute approximate surface area is 82.0 Å². The smallest absolute Gasteiger partial charge is 0.427 e. The molecule has 0 unspecified atom stereocenters. The molecule has 0 aromatic carbocycles. The lowest BCUT2D eigenvalue weighted by atomic mass is 10.3. The van der Waals surface area contributed by atoms with Crippen LogP contribution in [0.3, 0.4) is 0 Å². The third kappa shape index (κ3) is 2.63. The molecule has 0 N–H and O–H groups in total. The van der Waals surface area contributed by atoms with Crippen LogP contribution in [0.25, 0.3) is 0 Å². The Morgan fingerprint density at radius 3 is 2.57 bits per heavy atom. The molecule has 0 aliphatic heterocycles. The summed E-state index contributed by atoms with van der Waals surface area (Å²) in [5, 5.41) is -1.47. The lowest BCUT2D eigenvalue weighted by Crippen LogP contribution is -2.09. The molecule has 0 spiro atoms. The molecule has 0 saturated carbocycles. The predicted octanol–water partition coefficient (Wildman–Crippen LogP) is 3.15. The molecule has 1 rings (SSSR count). The van der Waals surface area contributed by atoms with Crippen molar-refractivity contribution in [3.63, 3.8) is 0 Å². The van der Waals surface area contributed by atoms with Gasteiger partial charge in [0.1, 0.15) is 5.03 Å². The first-order valence-corrected chi connectivity index (χ1v) is 3.81. The highest BCUT2D eigenvalue weighted by atomic mass is 35.5. The molecule has 1 aromatic rings. The van der Waals surface area contributed by atoms with Gasteiger partial charge in [0.2, 0.25) is 5.78 Å². The van der Waals surface area contributed by atoms with E-state index >= 15 is 0 Å². The topological polar surface area (TPSA) is 30.2 Å². The van der Waals surface area contributed by atoms with Crippen LogP contribution in [0.1, 0.15) is 10.6 Å². The van der Waals surface area contributed by atoms with Gasteiger partial charge in [-0.05, 0) is 12.1 Å². The average Bonchev–Trinajstić information content (AvgIpc) is 2.53. The van der Waals surface area contributed by atoms with Crippen molar-refractivity contribution in [1.82, 2.24) is 0 Å². The molecule has 0 aliphatic carbocycles. The van der Waals surface area contributed by atoms with E-state index in [4.69, 9.17) is 11.6 Å². The van der Waals surface area contributed by atoms with Gasteiger partial charge in [0.15, 0.2) is 5.76 Å². The van der Waals surface area contributed by atoms with Crippen molar-refractivity contribution < 1.29 is 22.4 Å². The Hall–Kier alpha value is -1.23. The second-order valence-corrected chi connectivity index (χ2v) is 2.74. The normalized spacial score (nSPS) is 13.0. The van der Waals surface area contributed by atoms with Crippen molar-refractivity contribution >= 4 is 17.4 Å². The quantitative estimate of drug-likeness (QED) is 0.571. The molecule has 0 atom stereocenters. The van der Waals surface area contributed by atoms with Gasteiger partial charge in [0.05, 0.1) is 6.26 Å². The maximum Gasteiger partial charge on any atom is 0.427 e. The largest absolute Gasteiger partial charge is 0.461 e. The standard InChI is InChI=1S/C8H4ClF3O2/c9-7(8(10,11)12)4-5(13)6-2-1-3-14-6/h1-4H/b7-4+. The zero-order valence-electron chi connectivity index (χ0n) is 6.64. The number of hydrogen-bond acceptors (Lipinski definition) is 2. The highest BCUT2D eigenvalue weighted by molar-refractivity contribution is 6.32. The minimum Gasteiger partial charge on any atom is -0.461 e. The van der Waals surface area contributed by atoms with Crippen LogP contribution >= 0.6 is 11.6 Å². The SMILES string of the molecule is O=C(/C=C(/Cl)C(F)(F)F)c1ccco1. The fraction of sp³-hybridized carbons (Fsp3) is 0.125. The maximum absolute atomic E-state index is 11.9. The van der Waals surface area contributed by atoms with Crippen molar-refractivity contribution in [1.29, 1.82) is 0 Å². The second kappa shape index (κ2) is 3.88. The van der Waals surface area contributed by atoms with Crippen molar-refractivity contribution in [2.75, 3.05) is 0 Å². The summed E-state index contributed by atoms with van der Waals surface area (Å²) in [6.45, 7) is 0. The molecule has 0 fully saturated rings. The highest BCUT2D eigenvalue weighted by Crippen LogP contribution is 2.28. The maximum atomic E-state index is 11.9. The van der Waals surface area contributed by atoms with Crippen LogP contribution < -0.4 is 0 Å². The number of furan rings is 1. The van der Waals surface area contributed by atoms with Gasteiger partial charge in [-0.15, -0.1) is 0 Å². The molecule has 1 aromatic heterocycles. The molecule has 0 saturated heterocycles. The van der Waals surface area contributed by atoms with Crippen molar-refractivity contribution in [2.45, 2.75) is 6.18 Å². The number of hydrogen-bond donors (Lipinski definition) is 0. The van der Waals surface area contributed by atoms with E-state index in [-0.39, 0.29) is 11.8 Å². The first-order chi connectivity index (χ1) is 6.41. The number of allylic oxidation sites excluding steroid dienone is 2. The average molecular weight is 225 g/mol. The zero-order chi connectivity index (χ0) is 10.8. The molecule has 76 valence electrons. The van der Waals surface area contributed by atoms with Gasteiger partial charge in [-0.25, -0.2) is 0 Å². The molecule has 1 heterocycles. The van der Waals surface area contributed by atoms with Crippen LogP contribution in [0.5, 0.6) is 0 Å². The zero-order valence-corrected chi connectivity index (χ0v) is 7.39. The summed E-state index contributed by atoms with van der Waals surface area (Å²) in [5.74, 6) is -1.11. The highest BCUT2D eigenvalue weighted by Gasteiger charge is 2.33. The fourth-order valence-electron chi connectivity index (χ4n) is 0.687. The Balaban J connectivity index is 2.84. The summed E-state index contributed by atoms with van der Waals surface area (Å²) < 4.78 is 40.2. The molecule has 0 amide bonds. The molecule has 0 radical (unpaired) electrons. The first kappa shape index (κ1) is 10.8. The summed E-state index contributed by atoms with van der Waals surface area (Å²) in [7, 11) is 0. The van der Waals surface area contributed by atoms with Crippen molar-refractivity contribution in [3.8, 4) is 0 Å². The number of carbonyl (C=O) groups is 1. The van der Waals surface area contributed by atoms with Crippen molar-refractivity contribution in [3.05, 3.63) is 35.3 Å². The van der Waals surface area contributed by atoms with E-state index < -0.39 is 17.0 Å². The van der Waals surface area contributed by atoms with E-state index in [0.717, 1.165) is 0 Å². The van der Waals surface area contributed by atoms with E-state index in [1.165, 1.54) is 18.4 Å². The Morgan fingerprint density at radius 1 is 1.50 bits per heavy atom. The van der Waals surface area contributed by atoms with E-state index in [9.17, 15) is 18.0 Å². The number of alkyl halides is 3. The van der Waals surface area contributed by atoms with Crippen LogP contribution in [-0.2, 0) is 0 Å². The molecular formula is C8H4ClF3O2. The van der Waals surface area contributed by atoms with E-state index in [1.54, 1.807) is 0 Å². The summed E-state index contributed by atoms with van der Waals surface area (Å²) >= 11 is 4.84. The number of halogens is 4. The van der Waals surface area contributed by atoms with Crippen LogP contribution in [0.15, 0.2) is 33.9 Å². The van der Waals surface area contributed by atoms with E-state index in [2.05, 4.69) is 4.42 Å². The summed E-state index contributed by atoms with van der Waals surface area (Å²) in [4.78, 5) is 11.0. The fourth-order valence-corrected chi connectivity index (χ4v) is 0.786. The Bertz CT molecular complexity index is 351. The molecule has 14 heavy (non-hydrogen) atoms. The predicted molar refractivity (Wildman–Crippen MR) is 43.0 cm³/mol. The van der Waals surface area contributed by atoms with Gasteiger partial charge >= 0.3 is 6.18 Å². The van der Waals surface area contributed by atoms with Crippen LogP contribution in [0, 0.1) is 0 Å².